The molecule has 0 radical (unpaired) electrons. The third kappa shape index (κ3) is 6.00. The Hall–Kier alpha value is -0.0400. The lowest BCUT2D eigenvalue weighted by atomic mass is 9.43. The molecule has 0 bridgehead atoms. The number of fused-ring (bicyclic) bond motifs is 5. The van der Waals surface area contributed by atoms with Gasteiger partial charge in [0.25, 0.3) is 0 Å². The molecule has 10 aliphatic carbocycles. The minimum Gasteiger partial charge on any atom is -0.294 e. The molecule has 0 aromatic rings. The Bertz CT molecular complexity index is 1000. The Balaban J connectivity index is 0.976. The molecule has 13 unspecified atom stereocenters. The Labute approximate surface area is 304 Å². The second-order valence-electron chi connectivity index (χ2n) is 21.4. The van der Waals surface area contributed by atoms with E-state index in [4.69, 9.17) is 0 Å². The van der Waals surface area contributed by atoms with Gasteiger partial charge >= 0.3 is 0 Å². The highest BCUT2D eigenvalue weighted by Crippen LogP contribution is 2.70. The van der Waals surface area contributed by atoms with E-state index in [1.54, 1.807) is 161 Å². The van der Waals surface area contributed by atoms with Crippen molar-refractivity contribution in [3.8, 4) is 0 Å². The molecule has 1 nitrogen and oxygen atoms in total. The van der Waals surface area contributed by atoms with Gasteiger partial charge < -0.3 is 0 Å². The number of rotatable bonds is 5. The molecule has 0 heterocycles. The van der Waals surface area contributed by atoms with Gasteiger partial charge in [0.1, 0.15) is 0 Å². The molecule has 0 N–H and O–H groups in total. The monoisotopic (exact) mass is 670 g/mol. The van der Waals surface area contributed by atoms with E-state index in [9.17, 15) is 0 Å². The third-order valence-corrected chi connectivity index (χ3v) is 19.8. The molecule has 0 saturated heterocycles. The van der Waals surface area contributed by atoms with Crippen LogP contribution in [0.25, 0.3) is 0 Å². The van der Waals surface area contributed by atoms with Crippen LogP contribution in [-0.4, -0.2) is 23.0 Å². The predicted molar refractivity (Wildman–Crippen MR) is 205 cm³/mol. The average molecular weight is 670 g/mol. The molecular formula is C48H79N. The van der Waals surface area contributed by atoms with E-state index in [1.807, 2.05) is 0 Å². The summed E-state index contributed by atoms with van der Waals surface area (Å²) in [5.41, 5.74) is 0. The number of hydrogen-bond donors (Lipinski definition) is 0. The summed E-state index contributed by atoms with van der Waals surface area (Å²) < 4.78 is 0. The highest BCUT2D eigenvalue weighted by atomic mass is 15.2. The van der Waals surface area contributed by atoms with Crippen molar-refractivity contribution in [3.05, 3.63) is 0 Å². The molecule has 10 saturated carbocycles. The van der Waals surface area contributed by atoms with Gasteiger partial charge in [0, 0.05) is 18.1 Å². The topological polar surface area (TPSA) is 3.24 Å². The SMILES string of the molecule is C1CCC(C2C3CCCCC3C(C3CCCCC3)C3CC4C(CC32)C2CCCC3C2C4CCC3N(C2CCCCC2)C2CCCCC2)CC1. The van der Waals surface area contributed by atoms with Crippen molar-refractivity contribution in [3.63, 3.8) is 0 Å². The molecule has 13 atom stereocenters. The van der Waals surface area contributed by atoms with Crippen LogP contribution >= 0.6 is 0 Å². The summed E-state index contributed by atoms with van der Waals surface area (Å²) in [6, 6.07) is 2.85. The second kappa shape index (κ2) is 14.7. The molecule has 0 spiro atoms. The molecule has 0 aromatic carbocycles. The fourth-order valence-corrected chi connectivity index (χ4v) is 18.5. The number of nitrogens with zero attached hydrogens (tertiary/aromatic N) is 1. The molecule has 276 valence electrons. The minimum absolute atomic E-state index is 0.946. The van der Waals surface area contributed by atoms with Gasteiger partial charge in [0.2, 0.25) is 0 Å². The first-order valence-corrected chi connectivity index (χ1v) is 24.1. The van der Waals surface area contributed by atoms with Crippen LogP contribution in [0.4, 0.5) is 0 Å². The van der Waals surface area contributed by atoms with Crippen LogP contribution in [0.1, 0.15) is 199 Å². The molecule has 0 aromatic heterocycles. The summed E-state index contributed by atoms with van der Waals surface area (Å²) in [5.74, 6) is 15.7. The van der Waals surface area contributed by atoms with Crippen molar-refractivity contribution in [2.75, 3.05) is 0 Å². The van der Waals surface area contributed by atoms with Crippen LogP contribution in [0.2, 0.25) is 0 Å². The zero-order chi connectivity index (χ0) is 32.3. The summed E-state index contributed by atoms with van der Waals surface area (Å²) in [5, 5.41) is 0. The first-order valence-electron chi connectivity index (χ1n) is 24.1. The van der Waals surface area contributed by atoms with Crippen LogP contribution in [0.3, 0.4) is 0 Å². The normalized spacial score (nSPS) is 48.8. The summed E-state index contributed by atoms with van der Waals surface area (Å²) >= 11 is 0. The average Bonchev–Trinajstić information content (AvgIpc) is 3.49. The summed E-state index contributed by atoms with van der Waals surface area (Å²) in [4.78, 5) is 3.38. The summed E-state index contributed by atoms with van der Waals surface area (Å²) in [7, 11) is 0. The predicted octanol–water partition coefficient (Wildman–Crippen LogP) is 13.3. The lowest BCUT2D eigenvalue weighted by molar-refractivity contribution is -0.132. The highest BCUT2D eigenvalue weighted by molar-refractivity contribution is 5.13. The van der Waals surface area contributed by atoms with E-state index < -0.39 is 0 Å². The van der Waals surface area contributed by atoms with E-state index >= 15 is 0 Å². The maximum absolute atomic E-state index is 3.38. The van der Waals surface area contributed by atoms with E-state index in [2.05, 4.69) is 4.90 Å². The van der Waals surface area contributed by atoms with Crippen molar-refractivity contribution < 1.29 is 0 Å². The summed E-state index contributed by atoms with van der Waals surface area (Å²) in [6.45, 7) is 0. The third-order valence-electron chi connectivity index (χ3n) is 19.8. The lowest BCUT2D eigenvalue weighted by Crippen LogP contribution is -2.57. The lowest BCUT2D eigenvalue weighted by Gasteiger charge is -2.62. The second-order valence-corrected chi connectivity index (χ2v) is 21.4. The van der Waals surface area contributed by atoms with Crippen LogP contribution in [-0.2, 0) is 0 Å². The fraction of sp³-hybridized carbons (Fsp3) is 1.00. The Kier molecular flexibility index (Phi) is 10.0. The highest BCUT2D eigenvalue weighted by Gasteiger charge is 2.64. The van der Waals surface area contributed by atoms with Crippen LogP contribution in [0, 0.1) is 82.9 Å². The maximum Gasteiger partial charge on any atom is 0.0132 e. The van der Waals surface area contributed by atoms with Gasteiger partial charge in [-0.15, -0.1) is 0 Å². The van der Waals surface area contributed by atoms with Gasteiger partial charge in [-0.3, -0.25) is 4.90 Å². The van der Waals surface area contributed by atoms with Crippen molar-refractivity contribution in [1.29, 1.82) is 0 Å². The largest absolute Gasteiger partial charge is 0.294 e. The molecule has 49 heavy (non-hydrogen) atoms. The molecule has 0 amide bonds. The summed E-state index contributed by atoms with van der Waals surface area (Å²) in [6.07, 6.45) is 49.2. The Morgan fingerprint density at radius 2 is 0.633 bits per heavy atom. The van der Waals surface area contributed by atoms with Crippen LogP contribution in [0.15, 0.2) is 0 Å². The first kappa shape index (κ1) is 33.5. The Morgan fingerprint density at radius 1 is 0.245 bits per heavy atom. The van der Waals surface area contributed by atoms with E-state index in [0.717, 1.165) is 101 Å². The maximum atomic E-state index is 3.38. The minimum atomic E-state index is 0.946. The quantitative estimate of drug-likeness (QED) is 0.282. The van der Waals surface area contributed by atoms with Crippen LogP contribution in [0.5, 0.6) is 0 Å². The van der Waals surface area contributed by atoms with Crippen molar-refractivity contribution in [1.82, 2.24) is 4.90 Å². The molecular weight excluding hydrogens is 591 g/mol. The van der Waals surface area contributed by atoms with Crippen molar-refractivity contribution >= 4 is 0 Å². The molecule has 10 rings (SSSR count). The van der Waals surface area contributed by atoms with Crippen molar-refractivity contribution in [2.45, 2.75) is 217 Å². The molecule has 10 fully saturated rings. The van der Waals surface area contributed by atoms with E-state index in [1.165, 1.54) is 38.5 Å². The van der Waals surface area contributed by atoms with Gasteiger partial charge in [0.15, 0.2) is 0 Å². The zero-order valence-electron chi connectivity index (χ0n) is 32.2. The Morgan fingerprint density at radius 3 is 1.14 bits per heavy atom. The van der Waals surface area contributed by atoms with Crippen molar-refractivity contribution in [2.24, 2.45) is 82.9 Å². The van der Waals surface area contributed by atoms with Gasteiger partial charge in [-0.1, -0.05) is 122 Å². The fourth-order valence-electron chi connectivity index (χ4n) is 18.5. The van der Waals surface area contributed by atoms with E-state index in [0.29, 0.717) is 0 Å². The standard InChI is InChI=1S/C48H79N/c1-5-16-32(17-6-1)46-36-24-13-14-25-37(36)47(33-18-7-2-8-19-33)44-31-42-39-28-29-45(40-27-15-26-38(48(39)40)41(42)30-43(44)46)49(34-20-9-3-10-21-34)35-22-11-4-12-23-35/h32-48H,1-31H2. The number of hydrogen-bond acceptors (Lipinski definition) is 1. The van der Waals surface area contributed by atoms with Crippen LogP contribution < -0.4 is 0 Å². The van der Waals surface area contributed by atoms with Gasteiger partial charge in [-0.25, -0.2) is 0 Å². The molecule has 0 aliphatic heterocycles. The molecule has 1 heteroatoms. The van der Waals surface area contributed by atoms with Gasteiger partial charge in [-0.2, -0.15) is 0 Å². The van der Waals surface area contributed by atoms with E-state index in [-0.39, 0.29) is 0 Å². The molecule has 10 aliphatic rings. The van der Waals surface area contributed by atoms with Gasteiger partial charge in [-0.05, 0) is 160 Å². The zero-order valence-corrected chi connectivity index (χ0v) is 32.2. The van der Waals surface area contributed by atoms with Gasteiger partial charge in [0.05, 0.1) is 0 Å². The first-order chi connectivity index (χ1) is 24.3. The smallest absolute Gasteiger partial charge is 0.0132 e.